The highest BCUT2D eigenvalue weighted by molar-refractivity contribution is 7.89. The van der Waals surface area contributed by atoms with Gasteiger partial charge in [0, 0.05) is 13.0 Å². The smallest absolute Gasteiger partial charge is 0.273 e. The van der Waals surface area contributed by atoms with Gasteiger partial charge >= 0.3 is 0 Å². The maximum Gasteiger partial charge on any atom is 0.273 e. The molecule has 0 fully saturated rings. The molecule has 0 saturated heterocycles. The number of hydrogen-bond acceptors (Lipinski definition) is 4. The molecule has 0 saturated carbocycles. The van der Waals surface area contributed by atoms with Crippen molar-refractivity contribution in [3.05, 3.63) is 41.2 Å². The summed E-state index contributed by atoms with van der Waals surface area (Å²) in [4.78, 5) is 0. The van der Waals surface area contributed by atoms with Crippen LogP contribution in [0.4, 0.5) is 0 Å². The molecule has 2 N–H and O–H groups in total. The lowest BCUT2D eigenvalue weighted by molar-refractivity contribution is 0.546. The Hall–Kier alpha value is -1.73. The van der Waals surface area contributed by atoms with E-state index in [0.29, 0.717) is 18.8 Å². The van der Waals surface area contributed by atoms with Crippen LogP contribution >= 0.6 is 0 Å². The lowest BCUT2D eigenvalue weighted by Crippen LogP contribution is -2.19. The van der Waals surface area contributed by atoms with Gasteiger partial charge < -0.3 is 4.57 Å². The second-order valence-electron chi connectivity index (χ2n) is 5.02. The van der Waals surface area contributed by atoms with Gasteiger partial charge in [-0.05, 0) is 30.9 Å². The van der Waals surface area contributed by atoms with E-state index in [1.165, 1.54) is 11.1 Å². The first-order valence-electron chi connectivity index (χ1n) is 6.93. The molecule has 0 radical (unpaired) electrons. The van der Waals surface area contributed by atoms with Crippen molar-refractivity contribution in [2.75, 3.05) is 0 Å². The molecule has 0 amide bonds. The summed E-state index contributed by atoms with van der Waals surface area (Å²) in [6.07, 6.45) is 2.21. The van der Waals surface area contributed by atoms with Crippen LogP contribution in [0.1, 0.15) is 30.3 Å². The monoisotopic (exact) mass is 308 g/mol. The molecule has 2 rings (SSSR count). The summed E-state index contributed by atoms with van der Waals surface area (Å²) < 4.78 is 24.7. The summed E-state index contributed by atoms with van der Waals surface area (Å²) in [5, 5.41) is 12.8. The number of aromatic nitrogens is 3. The minimum absolute atomic E-state index is 0.149. The molecule has 1 aromatic carbocycles. The van der Waals surface area contributed by atoms with Gasteiger partial charge in [-0.15, -0.1) is 10.2 Å². The highest BCUT2D eigenvalue weighted by Crippen LogP contribution is 2.13. The predicted molar refractivity (Wildman–Crippen MR) is 80.3 cm³/mol. The molecule has 0 aliphatic carbocycles. The number of benzene rings is 1. The molecule has 114 valence electrons. The normalized spacial score (nSPS) is 11.8. The fourth-order valence-corrected chi connectivity index (χ4v) is 2.96. The fraction of sp³-hybridized carbons (Fsp3) is 0.429. The van der Waals surface area contributed by atoms with Crippen molar-refractivity contribution in [3.63, 3.8) is 0 Å². The summed E-state index contributed by atoms with van der Waals surface area (Å²) in [6.45, 7) is 4.57. The van der Waals surface area contributed by atoms with E-state index in [-0.39, 0.29) is 5.16 Å². The summed E-state index contributed by atoms with van der Waals surface area (Å²) >= 11 is 0. The topological polar surface area (TPSA) is 90.9 Å². The minimum atomic E-state index is -3.84. The summed E-state index contributed by atoms with van der Waals surface area (Å²) in [7, 11) is -3.84. The van der Waals surface area contributed by atoms with Gasteiger partial charge in [-0.2, -0.15) is 0 Å². The largest absolute Gasteiger partial charge is 0.301 e. The van der Waals surface area contributed by atoms with Crippen molar-refractivity contribution in [1.29, 1.82) is 0 Å². The summed E-state index contributed by atoms with van der Waals surface area (Å²) in [6, 6.07) is 8.12. The van der Waals surface area contributed by atoms with Crippen LogP contribution in [0, 0.1) is 6.92 Å². The Balaban J connectivity index is 2.25. The zero-order valence-corrected chi connectivity index (χ0v) is 13.1. The quantitative estimate of drug-likeness (QED) is 0.874. The van der Waals surface area contributed by atoms with Gasteiger partial charge in [0.25, 0.3) is 15.2 Å². The Morgan fingerprint density at radius 3 is 2.52 bits per heavy atom. The van der Waals surface area contributed by atoms with E-state index in [2.05, 4.69) is 29.3 Å². The first kappa shape index (κ1) is 15.7. The Morgan fingerprint density at radius 1 is 1.19 bits per heavy atom. The maximum absolute atomic E-state index is 11.5. The van der Waals surface area contributed by atoms with Gasteiger partial charge in [-0.3, -0.25) is 0 Å². The van der Waals surface area contributed by atoms with Crippen LogP contribution in [0.25, 0.3) is 0 Å². The summed E-state index contributed by atoms with van der Waals surface area (Å²) in [5.41, 5.74) is 2.44. The van der Waals surface area contributed by atoms with E-state index in [9.17, 15) is 8.42 Å². The van der Waals surface area contributed by atoms with Crippen LogP contribution in [0.5, 0.6) is 0 Å². The van der Waals surface area contributed by atoms with Gasteiger partial charge in [0.15, 0.2) is 0 Å². The molecule has 1 heterocycles. The molecule has 7 heteroatoms. The SMILES string of the molecule is CCCn1c(CCc2ccccc2C)nnc1S(N)(=O)=O. The van der Waals surface area contributed by atoms with Crippen molar-refractivity contribution >= 4 is 10.0 Å². The number of hydrogen-bond donors (Lipinski definition) is 1. The van der Waals surface area contributed by atoms with Crippen molar-refractivity contribution in [2.24, 2.45) is 5.14 Å². The molecule has 0 bridgehead atoms. The number of aryl methyl sites for hydroxylation is 3. The lowest BCUT2D eigenvalue weighted by Gasteiger charge is -2.09. The third-order valence-corrected chi connectivity index (χ3v) is 4.19. The van der Waals surface area contributed by atoms with E-state index in [1.54, 1.807) is 4.57 Å². The van der Waals surface area contributed by atoms with Crippen molar-refractivity contribution in [3.8, 4) is 0 Å². The second-order valence-corrected chi connectivity index (χ2v) is 6.48. The highest BCUT2D eigenvalue weighted by Gasteiger charge is 2.20. The first-order valence-corrected chi connectivity index (χ1v) is 8.47. The number of rotatable bonds is 6. The van der Waals surface area contributed by atoms with Gasteiger partial charge in [-0.1, -0.05) is 31.2 Å². The Bertz CT molecular complexity index is 722. The van der Waals surface area contributed by atoms with Crippen molar-refractivity contribution in [2.45, 2.75) is 44.8 Å². The van der Waals surface area contributed by atoms with Gasteiger partial charge in [0.1, 0.15) is 5.82 Å². The van der Waals surface area contributed by atoms with Crippen LogP contribution in [-0.4, -0.2) is 23.2 Å². The molecule has 0 spiro atoms. The predicted octanol–water partition coefficient (Wildman–Crippen LogP) is 1.43. The summed E-state index contributed by atoms with van der Waals surface area (Å²) in [5.74, 6) is 0.657. The first-order chi connectivity index (χ1) is 9.93. The van der Waals surface area contributed by atoms with Crippen LogP contribution in [-0.2, 0) is 29.4 Å². The molecule has 0 aliphatic heterocycles. The van der Waals surface area contributed by atoms with Gasteiger partial charge in [0.2, 0.25) is 0 Å². The minimum Gasteiger partial charge on any atom is -0.301 e. The third-order valence-electron chi connectivity index (χ3n) is 3.37. The second kappa shape index (κ2) is 6.36. The average molecular weight is 308 g/mol. The third kappa shape index (κ3) is 3.68. The number of primary sulfonamides is 1. The molecule has 6 nitrogen and oxygen atoms in total. The average Bonchev–Trinajstić information content (AvgIpc) is 2.81. The van der Waals surface area contributed by atoms with E-state index in [0.717, 1.165) is 12.8 Å². The van der Waals surface area contributed by atoms with E-state index < -0.39 is 10.0 Å². The highest BCUT2D eigenvalue weighted by atomic mass is 32.2. The molecule has 0 unspecified atom stereocenters. The van der Waals surface area contributed by atoms with Crippen LogP contribution in [0.3, 0.4) is 0 Å². The maximum atomic E-state index is 11.5. The molecular formula is C14H20N4O2S. The number of nitrogens with two attached hydrogens (primary N) is 1. The lowest BCUT2D eigenvalue weighted by atomic mass is 10.0. The Morgan fingerprint density at radius 2 is 1.90 bits per heavy atom. The van der Waals surface area contributed by atoms with Crippen molar-refractivity contribution < 1.29 is 8.42 Å². The zero-order chi connectivity index (χ0) is 15.5. The standard InChI is InChI=1S/C14H20N4O2S/c1-3-10-18-13(16-17-14(18)21(15,19)20)9-8-12-7-5-4-6-11(12)2/h4-7H,3,8-10H2,1-2H3,(H2,15,19,20). The molecule has 0 atom stereocenters. The van der Waals surface area contributed by atoms with E-state index >= 15 is 0 Å². The molecule has 0 aliphatic rings. The molecular weight excluding hydrogens is 288 g/mol. The van der Waals surface area contributed by atoms with Crippen LogP contribution < -0.4 is 5.14 Å². The van der Waals surface area contributed by atoms with Crippen molar-refractivity contribution in [1.82, 2.24) is 14.8 Å². The Labute approximate surface area is 125 Å². The zero-order valence-electron chi connectivity index (χ0n) is 12.3. The van der Waals surface area contributed by atoms with E-state index in [1.807, 2.05) is 19.1 Å². The number of nitrogens with zero attached hydrogens (tertiary/aromatic N) is 3. The van der Waals surface area contributed by atoms with Gasteiger partial charge in [0.05, 0.1) is 0 Å². The Kier molecular flexibility index (Phi) is 4.74. The van der Waals surface area contributed by atoms with E-state index in [4.69, 9.17) is 5.14 Å². The number of sulfonamides is 1. The van der Waals surface area contributed by atoms with Crippen LogP contribution in [0.2, 0.25) is 0 Å². The van der Waals surface area contributed by atoms with Gasteiger partial charge in [-0.25, -0.2) is 13.6 Å². The fourth-order valence-electron chi connectivity index (χ4n) is 2.30. The van der Waals surface area contributed by atoms with Crippen LogP contribution in [0.15, 0.2) is 29.4 Å². The molecule has 21 heavy (non-hydrogen) atoms. The molecule has 1 aromatic heterocycles. The molecule has 2 aromatic rings.